The van der Waals surface area contributed by atoms with Gasteiger partial charge in [0.25, 0.3) is 0 Å². The summed E-state index contributed by atoms with van der Waals surface area (Å²) in [5.74, 6) is 0.630. The van der Waals surface area contributed by atoms with Gasteiger partial charge in [0, 0.05) is 61.2 Å². The van der Waals surface area contributed by atoms with Crippen LogP contribution in [0.2, 0.25) is 0 Å². The number of aromatic nitrogens is 2. The lowest BCUT2D eigenvalue weighted by Gasteiger charge is -2.32. The van der Waals surface area contributed by atoms with Gasteiger partial charge in [0.2, 0.25) is 0 Å². The number of nitrogens with zero attached hydrogens (tertiary/aromatic N) is 4. The summed E-state index contributed by atoms with van der Waals surface area (Å²) in [6.07, 6.45) is 13.2. The number of piperidine rings is 1. The molecule has 0 aromatic carbocycles. The zero-order valence-corrected chi connectivity index (χ0v) is 16.7. The molecule has 1 fully saturated rings. The fourth-order valence-electron chi connectivity index (χ4n) is 4.24. The number of aryl methyl sites for hydroxylation is 1. The smallest absolute Gasteiger partial charge is 0.0963 e. The molecule has 27 heavy (non-hydrogen) atoms. The number of fused-ring (bicyclic) bond motifs is 1. The molecule has 2 aromatic heterocycles. The Labute approximate surface area is 165 Å². The number of pyridine rings is 1. The zero-order valence-electron chi connectivity index (χ0n) is 15.9. The first-order valence-corrected chi connectivity index (χ1v) is 10.9. The van der Waals surface area contributed by atoms with Gasteiger partial charge in [0.15, 0.2) is 0 Å². The molecule has 0 amide bonds. The highest BCUT2D eigenvalue weighted by atomic mass is 32.1. The minimum atomic E-state index is 0.630. The fourth-order valence-corrected chi connectivity index (χ4v) is 5.51. The van der Waals surface area contributed by atoms with Crippen LogP contribution in [0.15, 0.2) is 42.3 Å². The van der Waals surface area contributed by atoms with E-state index in [1.807, 2.05) is 24.5 Å². The molecule has 4 nitrogen and oxygen atoms in total. The molecule has 0 bridgehead atoms. The van der Waals surface area contributed by atoms with E-state index in [9.17, 15) is 0 Å². The highest BCUT2D eigenvalue weighted by Crippen LogP contribution is 2.35. The monoisotopic (exact) mass is 378 g/mol. The van der Waals surface area contributed by atoms with Crippen molar-refractivity contribution in [3.63, 3.8) is 0 Å². The fraction of sp³-hybridized carbons (Fsp3) is 0.455. The Hall–Kier alpha value is -2.14. The molecule has 0 saturated carbocycles. The third-order valence-corrected chi connectivity index (χ3v) is 7.35. The highest BCUT2D eigenvalue weighted by molar-refractivity contribution is 7.11. The molecule has 4 heterocycles. The molecule has 1 saturated heterocycles. The maximum atomic E-state index is 5.10. The Morgan fingerprint density at radius 3 is 2.56 bits per heavy atom. The van der Waals surface area contributed by atoms with Gasteiger partial charge in [0.05, 0.1) is 22.6 Å². The summed E-state index contributed by atoms with van der Waals surface area (Å²) < 4.78 is 0. The van der Waals surface area contributed by atoms with Crippen molar-refractivity contribution in [2.75, 3.05) is 31.1 Å². The molecule has 0 radical (unpaired) electrons. The average molecular weight is 379 g/mol. The van der Waals surface area contributed by atoms with Crippen LogP contribution in [0.25, 0.3) is 0 Å². The van der Waals surface area contributed by atoms with Crippen molar-refractivity contribution in [3.05, 3.63) is 63.5 Å². The van der Waals surface area contributed by atoms with Crippen LogP contribution < -0.4 is 4.90 Å². The number of thiazole rings is 1. The molecule has 5 rings (SSSR count). The van der Waals surface area contributed by atoms with Crippen LogP contribution in [0.3, 0.4) is 0 Å². The number of anilines is 1. The maximum Gasteiger partial charge on any atom is 0.0963 e. The molecule has 2 aromatic rings. The summed E-state index contributed by atoms with van der Waals surface area (Å²) in [6.45, 7) is 6.48. The summed E-state index contributed by atoms with van der Waals surface area (Å²) in [7, 11) is 0. The van der Waals surface area contributed by atoms with Crippen LogP contribution >= 0.6 is 11.3 Å². The molecule has 140 valence electrons. The number of rotatable bonds is 3. The zero-order chi connectivity index (χ0) is 18.2. The van der Waals surface area contributed by atoms with Crippen molar-refractivity contribution in [1.82, 2.24) is 14.9 Å². The number of allylic oxidation sites excluding steroid dienone is 3. The van der Waals surface area contributed by atoms with E-state index in [0.29, 0.717) is 5.92 Å². The van der Waals surface area contributed by atoms with Crippen LogP contribution in [-0.2, 0) is 12.8 Å². The summed E-state index contributed by atoms with van der Waals surface area (Å²) >= 11 is 1.99. The molecular weight excluding hydrogens is 352 g/mol. The third kappa shape index (κ3) is 3.41. The van der Waals surface area contributed by atoms with Crippen LogP contribution in [0.1, 0.15) is 40.0 Å². The van der Waals surface area contributed by atoms with Crippen molar-refractivity contribution in [2.45, 2.75) is 38.5 Å². The van der Waals surface area contributed by atoms with E-state index in [4.69, 9.17) is 4.98 Å². The second-order valence-corrected chi connectivity index (χ2v) is 8.89. The summed E-state index contributed by atoms with van der Waals surface area (Å²) in [4.78, 5) is 16.1. The van der Waals surface area contributed by atoms with E-state index in [1.165, 1.54) is 39.8 Å². The van der Waals surface area contributed by atoms with Gasteiger partial charge in [-0.2, -0.15) is 0 Å². The van der Waals surface area contributed by atoms with Crippen LogP contribution in [-0.4, -0.2) is 41.0 Å². The molecule has 0 spiro atoms. The first-order valence-electron chi connectivity index (χ1n) is 10.1. The Kier molecular flexibility index (Phi) is 4.48. The minimum Gasteiger partial charge on any atom is -0.371 e. The standard InChI is InChI=1S/C22H26N4S/c1-16-5-6-19(15-23-16)26-11-7-17(8-12-26)22-24-20-9-13-25(18-3-2-4-18)14-10-21(20)27-22/h2-6,15,17H,7-14H2,1H3. The summed E-state index contributed by atoms with van der Waals surface area (Å²) in [5.41, 5.74) is 5.10. The van der Waals surface area contributed by atoms with Gasteiger partial charge in [-0.05, 0) is 44.1 Å². The van der Waals surface area contributed by atoms with E-state index < -0.39 is 0 Å². The number of hydrogen-bond acceptors (Lipinski definition) is 5. The molecule has 0 N–H and O–H groups in total. The first-order chi connectivity index (χ1) is 13.3. The van der Waals surface area contributed by atoms with E-state index in [-0.39, 0.29) is 0 Å². The molecule has 5 heteroatoms. The SMILES string of the molecule is Cc1ccc(N2CCC(c3nc4c(s3)CCN(C3=CC=C3)CC4)CC2)cn1. The van der Waals surface area contributed by atoms with Crippen molar-refractivity contribution in [1.29, 1.82) is 0 Å². The Morgan fingerprint density at radius 1 is 1.04 bits per heavy atom. The number of hydrogen-bond donors (Lipinski definition) is 0. The predicted molar refractivity (Wildman–Crippen MR) is 111 cm³/mol. The lowest BCUT2D eigenvalue weighted by atomic mass is 9.97. The van der Waals surface area contributed by atoms with Gasteiger partial charge in [0.1, 0.15) is 0 Å². The third-order valence-electron chi connectivity index (χ3n) is 6.03. The van der Waals surface area contributed by atoms with Gasteiger partial charge >= 0.3 is 0 Å². The second-order valence-electron chi connectivity index (χ2n) is 7.78. The Morgan fingerprint density at radius 2 is 1.85 bits per heavy atom. The van der Waals surface area contributed by atoms with Gasteiger partial charge < -0.3 is 9.80 Å². The highest BCUT2D eigenvalue weighted by Gasteiger charge is 2.26. The van der Waals surface area contributed by atoms with E-state index in [2.05, 4.69) is 45.1 Å². The van der Waals surface area contributed by atoms with Gasteiger partial charge in [-0.25, -0.2) is 4.98 Å². The molecule has 2 aliphatic heterocycles. The summed E-state index contributed by atoms with van der Waals surface area (Å²) in [6, 6.07) is 4.31. The van der Waals surface area contributed by atoms with Crippen LogP contribution in [0.4, 0.5) is 5.69 Å². The predicted octanol–water partition coefficient (Wildman–Crippen LogP) is 4.08. The minimum absolute atomic E-state index is 0.630. The molecule has 3 aliphatic rings. The maximum absolute atomic E-state index is 5.10. The van der Waals surface area contributed by atoms with E-state index in [0.717, 1.165) is 44.7 Å². The van der Waals surface area contributed by atoms with Crippen molar-refractivity contribution in [3.8, 4) is 0 Å². The summed E-state index contributed by atoms with van der Waals surface area (Å²) in [5, 5.41) is 1.39. The molecule has 1 aliphatic carbocycles. The molecule has 0 atom stereocenters. The lowest BCUT2D eigenvalue weighted by molar-refractivity contribution is 0.369. The average Bonchev–Trinajstić information content (AvgIpc) is 2.97. The normalized spacial score (nSPS) is 20.1. The molecule has 0 unspecified atom stereocenters. The second kappa shape index (κ2) is 7.12. The Balaban J connectivity index is 1.22. The topological polar surface area (TPSA) is 32.3 Å². The van der Waals surface area contributed by atoms with Crippen LogP contribution in [0, 0.1) is 6.92 Å². The lowest BCUT2D eigenvalue weighted by Crippen LogP contribution is -2.32. The van der Waals surface area contributed by atoms with Crippen molar-refractivity contribution in [2.24, 2.45) is 0 Å². The quantitative estimate of drug-likeness (QED) is 0.805. The molecular formula is C22H26N4S. The van der Waals surface area contributed by atoms with Crippen molar-refractivity contribution < 1.29 is 0 Å². The van der Waals surface area contributed by atoms with E-state index in [1.54, 1.807) is 0 Å². The van der Waals surface area contributed by atoms with E-state index >= 15 is 0 Å². The van der Waals surface area contributed by atoms with Crippen LogP contribution in [0.5, 0.6) is 0 Å². The Bertz CT molecular complexity index is 847. The largest absolute Gasteiger partial charge is 0.371 e. The van der Waals surface area contributed by atoms with Gasteiger partial charge in [-0.15, -0.1) is 11.3 Å². The van der Waals surface area contributed by atoms with Crippen molar-refractivity contribution >= 4 is 17.0 Å². The van der Waals surface area contributed by atoms with Gasteiger partial charge in [-0.1, -0.05) is 6.08 Å². The first kappa shape index (κ1) is 17.0. The van der Waals surface area contributed by atoms with Gasteiger partial charge in [-0.3, -0.25) is 4.98 Å².